The van der Waals surface area contributed by atoms with Gasteiger partial charge in [-0.2, -0.15) is 0 Å². The number of piperazine rings is 1. The molecule has 1 aliphatic heterocycles. The molecule has 0 aliphatic carbocycles. The van der Waals surface area contributed by atoms with Crippen molar-refractivity contribution in [2.24, 2.45) is 0 Å². The van der Waals surface area contributed by atoms with Crippen molar-refractivity contribution >= 4 is 17.6 Å². The Morgan fingerprint density at radius 1 is 1.33 bits per heavy atom. The summed E-state index contributed by atoms with van der Waals surface area (Å²) >= 11 is 0. The fourth-order valence-corrected chi connectivity index (χ4v) is 2.14. The van der Waals surface area contributed by atoms with Crippen molar-refractivity contribution in [1.29, 1.82) is 0 Å². The third kappa shape index (κ3) is 2.36. The maximum Gasteiger partial charge on any atom is 0.328 e. The Hall–Kier alpha value is -1.88. The van der Waals surface area contributed by atoms with E-state index in [9.17, 15) is 14.7 Å². The molecular weight excluding hydrogens is 232 g/mol. The van der Waals surface area contributed by atoms with E-state index in [0.29, 0.717) is 12.2 Å². The fraction of sp³-hybridized carbons (Fsp3) is 0.385. The molecule has 96 valence electrons. The van der Waals surface area contributed by atoms with Crippen molar-refractivity contribution < 1.29 is 14.7 Å². The summed E-state index contributed by atoms with van der Waals surface area (Å²) in [5.74, 6) is -1.16. The number of anilines is 1. The van der Waals surface area contributed by atoms with Crippen molar-refractivity contribution in [2.75, 3.05) is 25.0 Å². The smallest absolute Gasteiger partial charge is 0.328 e. The van der Waals surface area contributed by atoms with Crippen molar-refractivity contribution in [1.82, 2.24) is 4.90 Å². The molecule has 5 heteroatoms. The maximum absolute atomic E-state index is 12.0. The van der Waals surface area contributed by atoms with Crippen LogP contribution in [0.5, 0.6) is 0 Å². The lowest BCUT2D eigenvalue weighted by atomic mass is 10.1. The number of likely N-dealkylation sites (N-methyl/N-ethyl adjacent to an activating group) is 1. The lowest BCUT2D eigenvalue weighted by Gasteiger charge is -2.37. The number of carbonyl (C=O) groups is 2. The number of carboxylic acids is 1. The topological polar surface area (TPSA) is 60.9 Å². The summed E-state index contributed by atoms with van der Waals surface area (Å²) in [4.78, 5) is 26.4. The number of hydrogen-bond donors (Lipinski definition) is 1. The van der Waals surface area contributed by atoms with Crippen LogP contribution in [0.2, 0.25) is 0 Å². The van der Waals surface area contributed by atoms with Crippen LogP contribution in [0.15, 0.2) is 24.3 Å². The number of aliphatic carboxylic acids is 1. The number of amides is 1. The van der Waals surface area contributed by atoms with E-state index in [-0.39, 0.29) is 12.5 Å². The van der Waals surface area contributed by atoms with Gasteiger partial charge in [0.2, 0.25) is 5.91 Å². The first-order chi connectivity index (χ1) is 8.49. The predicted molar refractivity (Wildman–Crippen MR) is 67.6 cm³/mol. The SMILES string of the molecule is Cc1ccc(N2C(=O)CN(C)CC2C(=O)O)cc1. The highest BCUT2D eigenvalue weighted by atomic mass is 16.4. The van der Waals surface area contributed by atoms with E-state index in [1.165, 1.54) is 4.90 Å². The Bertz CT molecular complexity index is 470. The lowest BCUT2D eigenvalue weighted by molar-refractivity contribution is -0.142. The van der Waals surface area contributed by atoms with Crippen LogP contribution in [-0.4, -0.2) is 48.1 Å². The van der Waals surface area contributed by atoms with E-state index in [4.69, 9.17) is 0 Å². The number of carbonyl (C=O) groups excluding carboxylic acids is 1. The van der Waals surface area contributed by atoms with Crippen LogP contribution >= 0.6 is 0 Å². The van der Waals surface area contributed by atoms with Crippen LogP contribution in [0.3, 0.4) is 0 Å². The molecule has 1 amide bonds. The Morgan fingerprint density at radius 3 is 2.50 bits per heavy atom. The van der Waals surface area contributed by atoms with Gasteiger partial charge in [-0.15, -0.1) is 0 Å². The molecule has 1 fully saturated rings. The monoisotopic (exact) mass is 248 g/mol. The highest BCUT2D eigenvalue weighted by molar-refractivity contribution is 6.01. The molecule has 2 rings (SSSR count). The number of nitrogens with zero attached hydrogens (tertiary/aromatic N) is 2. The van der Waals surface area contributed by atoms with Crippen LogP contribution in [0.25, 0.3) is 0 Å². The molecule has 1 aliphatic rings. The Labute approximate surface area is 106 Å². The Kier molecular flexibility index (Phi) is 3.34. The highest BCUT2D eigenvalue weighted by Crippen LogP contribution is 2.21. The van der Waals surface area contributed by atoms with Gasteiger partial charge in [0, 0.05) is 12.2 Å². The molecule has 0 spiro atoms. The quantitative estimate of drug-likeness (QED) is 0.838. The largest absolute Gasteiger partial charge is 0.480 e. The standard InChI is InChI=1S/C13H16N2O3/c1-9-3-5-10(6-4-9)15-11(13(17)18)7-14(2)8-12(15)16/h3-6,11H,7-8H2,1-2H3,(H,17,18). The maximum atomic E-state index is 12.0. The first kappa shape index (κ1) is 12.6. The molecule has 1 unspecified atom stereocenters. The minimum atomic E-state index is -0.976. The van der Waals surface area contributed by atoms with Crippen molar-refractivity contribution in [3.63, 3.8) is 0 Å². The van der Waals surface area contributed by atoms with Crippen LogP contribution < -0.4 is 4.90 Å². The van der Waals surface area contributed by atoms with E-state index >= 15 is 0 Å². The van der Waals surface area contributed by atoms with Gasteiger partial charge >= 0.3 is 5.97 Å². The molecule has 0 saturated carbocycles. The molecule has 1 aromatic rings. The van der Waals surface area contributed by atoms with Crippen LogP contribution in [-0.2, 0) is 9.59 Å². The molecular formula is C13H16N2O3. The van der Waals surface area contributed by atoms with Crippen LogP contribution in [0.4, 0.5) is 5.69 Å². The molecule has 5 nitrogen and oxygen atoms in total. The first-order valence-corrected chi connectivity index (χ1v) is 5.79. The van der Waals surface area contributed by atoms with Crippen LogP contribution in [0.1, 0.15) is 5.56 Å². The molecule has 1 atom stereocenters. The van der Waals surface area contributed by atoms with Gasteiger partial charge in [0.1, 0.15) is 6.04 Å². The van der Waals surface area contributed by atoms with Gasteiger partial charge in [-0.1, -0.05) is 17.7 Å². The molecule has 1 aromatic carbocycles. The summed E-state index contributed by atoms with van der Waals surface area (Å²) in [6.07, 6.45) is 0. The number of aryl methyl sites for hydroxylation is 1. The highest BCUT2D eigenvalue weighted by Gasteiger charge is 2.36. The van der Waals surface area contributed by atoms with E-state index in [2.05, 4.69) is 0 Å². The third-order valence-corrected chi connectivity index (χ3v) is 3.07. The minimum absolute atomic E-state index is 0.181. The summed E-state index contributed by atoms with van der Waals surface area (Å²) in [5.41, 5.74) is 1.72. The van der Waals surface area contributed by atoms with Crippen LogP contribution in [0, 0.1) is 6.92 Å². The van der Waals surface area contributed by atoms with Gasteiger partial charge in [-0.05, 0) is 26.1 Å². The summed E-state index contributed by atoms with van der Waals surface area (Å²) in [5, 5.41) is 9.24. The summed E-state index contributed by atoms with van der Waals surface area (Å²) in [7, 11) is 1.75. The average Bonchev–Trinajstić information content (AvgIpc) is 2.29. The summed E-state index contributed by atoms with van der Waals surface area (Å²) in [6.45, 7) is 2.54. The van der Waals surface area contributed by atoms with Gasteiger partial charge in [0.15, 0.2) is 0 Å². The zero-order valence-electron chi connectivity index (χ0n) is 10.5. The summed E-state index contributed by atoms with van der Waals surface area (Å²) < 4.78 is 0. The van der Waals surface area contributed by atoms with E-state index < -0.39 is 12.0 Å². The third-order valence-electron chi connectivity index (χ3n) is 3.07. The second kappa shape index (κ2) is 4.78. The zero-order valence-corrected chi connectivity index (χ0v) is 10.5. The fourth-order valence-electron chi connectivity index (χ4n) is 2.14. The molecule has 18 heavy (non-hydrogen) atoms. The molecule has 0 aromatic heterocycles. The Morgan fingerprint density at radius 2 is 1.94 bits per heavy atom. The second-order valence-corrected chi connectivity index (χ2v) is 4.65. The van der Waals surface area contributed by atoms with E-state index in [1.807, 2.05) is 19.1 Å². The van der Waals surface area contributed by atoms with Crippen molar-refractivity contribution in [2.45, 2.75) is 13.0 Å². The second-order valence-electron chi connectivity index (χ2n) is 4.65. The molecule has 0 radical (unpaired) electrons. The normalized spacial score (nSPS) is 21.1. The molecule has 1 N–H and O–H groups in total. The van der Waals surface area contributed by atoms with Gasteiger partial charge in [0.25, 0.3) is 0 Å². The number of carboxylic acid groups (broad SMARTS) is 1. The van der Waals surface area contributed by atoms with Gasteiger partial charge in [0.05, 0.1) is 6.54 Å². The minimum Gasteiger partial charge on any atom is -0.480 e. The number of rotatable bonds is 2. The van der Waals surface area contributed by atoms with Crippen molar-refractivity contribution in [3.05, 3.63) is 29.8 Å². The first-order valence-electron chi connectivity index (χ1n) is 5.79. The molecule has 0 bridgehead atoms. The summed E-state index contributed by atoms with van der Waals surface area (Å²) in [6, 6.07) is 6.50. The predicted octanol–water partition coefficient (Wildman–Crippen LogP) is 0.727. The Balaban J connectivity index is 2.35. The van der Waals surface area contributed by atoms with E-state index in [0.717, 1.165) is 5.56 Å². The average molecular weight is 248 g/mol. The van der Waals surface area contributed by atoms with Crippen molar-refractivity contribution in [3.8, 4) is 0 Å². The number of hydrogen-bond acceptors (Lipinski definition) is 3. The molecule has 1 heterocycles. The van der Waals surface area contributed by atoms with Gasteiger partial charge in [-0.25, -0.2) is 4.79 Å². The van der Waals surface area contributed by atoms with Gasteiger partial charge in [-0.3, -0.25) is 14.6 Å². The zero-order chi connectivity index (χ0) is 13.3. The van der Waals surface area contributed by atoms with E-state index in [1.54, 1.807) is 24.1 Å². The molecule has 1 saturated heterocycles. The lowest BCUT2D eigenvalue weighted by Crippen LogP contribution is -2.58. The van der Waals surface area contributed by atoms with Gasteiger partial charge < -0.3 is 5.11 Å². The number of benzene rings is 1.